The molecule has 6 heteroatoms. The van der Waals surface area contributed by atoms with E-state index in [0.29, 0.717) is 19.3 Å². The number of carbonyl (C=O) groups is 3. The summed E-state index contributed by atoms with van der Waals surface area (Å²) in [6, 6.07) is 0. The van der Waals surface area contributed by atoms with Crippen LogP contribution in [0.2, 0.25) is 0 Å². The van der Waals surface area contributed by atoms with Gasteiger partial charge in [-0.1, -0.05) is 331 Å². The Labute approximate surface area is 503 Å². The van der Waals surface area contributed by atoms with E-state index in [1.54, 1.807) is 0 Å². The van der Waals surface area contributed by atoms with Gasteiger partial charge in [-0.2, -0.15) is 0 Å². The van der Waals surface area contributed by atoms with Crippen molar-refractivity contribution in [1.29, 1.82) is 0 Å². The monoisotopic (exact) mass is 1130 g/mol. The summed E-state index contributed by atoms with van der Waals surface area (Å²) >= 11 is 0. The first-order chi connectivity index (χ1) is 40.0. The summed E-state index contributed by atoms with van der Waals surface area (Å²) in [7, 11) is 0. The normalized spacial score (nSPS) is 12.5. The van der Waals surface area contributed by atoms with Gasteiger partial charge >= 0.3 is 17.9 Å². The molecule has 0 aliphatic carbocycles. The number of carbonyl (C=O) groups excluding carboxylic acids is 3. The topological polar surface area (TPSA) is 78.9 Å². The van der Waals surface area contributed by atoms with Crippen LogP contribution in [0.4, 0.5) is 0 Å². The lowest BCUT2D eigenvalue weighted by Crippen LogP contribution is -2.30. The van der Waals surface area contributed by atoms with E-state index in [1.165, 1.54) is 238 Å². The molecule has 0 aliphatic rings. The lowest BCUT2D eigenvalue weighted by atomic mass is 10.0. The molecule has 1 unspecified atom stereocenters. The smallest absolute Gasteiger partial charge is 0.306 e. The van der Waals surface area contributed by atoms with E-state index in [-0.39, 0.29) is 31.1 Å². The molecule has 6 nitrogen and oxygen atoms in total. The Morgan fingerprint density at radius 1 is 0.259 bits per heavy atom. The van der Waals surface area contributed by atoms with Crippen molar-refractivity contribution in [3.05, 3.63) is 72.9 Å². The van der Waals surface area contributed by atoms with Crippen molar-refractivity contribution in [1.82, 2.24) is 0 Å². The van der Waals surface area contributed by atoms with Gasteiger partial charge in [0.1, 0.15) is 13.2 Å². The molecule has 0 radical (unpaired) electrons. The molecular formula is C75H134O6. The van der Waals surface area contributed by atoms with Crippen LogP contribution < -0.4 is 0 Å². The Morgan fingerprint density at radius 2 is 0.481 bits per heavy atom. The Hall–Kier alpha value is -3.15. The fourth-order valence-corrected chi connectivity index (χ4v) is 10.4. The molecule has 0 rings (SSSR count). The van der Waals surface area contributed by atoms with Crippen molar-refractivity contribution in [3.8, 4) is 0 Å². The number of ether oxygens (including phenoxy) is 3. The molecule has 81 heavy (non-hydrogen) atoms. The number of allylic oxidation sites excluding steroid dienone is 12. The highest BCUT2D eigenvalue weighted by atomic mass is 16.6. The van der Waals surface area contributed by atoms with E-state index in [0.717, 1.165) is 89.9 Å². The first-order valence-corrected chi connectivity index (χ1v) is 35.4. The third-order valence-electron chi connectivity index (χ3n) is 15.7. The van der Waals surface area contributed by atoms with Gasteiger partial charge < -0.3 is 14.2 Å². The summed E-state index contributed by atoms with van der Waals surface area (Å²) in [4.78, 5) is 38.2. The molecule has 0 saturated heterocycles. The van der Waals surface area contributed by atoms with Gasteiger partial charge in [-0.3, -0.25) is 14.4 Å². The van der Waals surface area contributed by atoms with Gasteiger partial charge in [-0.15, -0.1) is 0 Å². The van der Waals surface area contributed by atoms with Crippen LogP contribution in [0.3, 0.4) is 0 Å². The van der Waals surface area contributed by atoms with Crippen LogP contribution in [0, 0.1) is 0 Å². The second-order valence-corrected chi connectivity index (χ2v) is 23.8. The van der Waals surface area contributed by atoms with Crippen molar-refractivity contribution in [2.45, 2.75) is 374 Å². The number of unbranched alkanes of at least 4 members (excludes halogenated alkanes) is 42. The molecule has 0 N–H and O–H groups in total. The molecule has 0 aliphatic heterocycles. The van der Waals surface area contributed by atoms with Crippen molar-refractivity contribution < 1.29 is 28.6 Å². The Bertz CT molecular complexity index is 1490. The lowest BCUT2D eigenvalue weighted by Gasteiger charge is -2.18. The van der Waals surface area contributed by atoms with E-state index >= 15 is 0 Å². The summed E-state index contributed by atoms with van der Waals surface area (Å²) in [6.07, 6.45) is 91.1. The van der Waals surface area contributed by atoms with E-state index in [1.807, 2.05) is 0 Å². The van der Waals surface area contributed by atoms with Crippen LogP contribution in [0.1, 0.15) is 367 Å². The van der Waals surface area contributed by atoms with Gasteiger partial charge in [-0.05, 0) is 89.9 Å². The molecule has 0 aromatic heterocycles. The van der Waals surface area contributed by atoms with E-state index < -0.39 is 6.10 Å². The molecule has 1 atom stereocenters. The Balaban J connectivity index is 4.05. The summed E-state index contributed by atoms with van der Waals surface area (Å²) in [5.41, 5.74) is 0. The molecule has 0 aromatic rings. The van der Waals surface area contributed by atoms with Crippen LogP contribution in [0.15, 0.2) is 72.9 Å². The van der Waals surface area contributed by atoms with E-state index in [9.17, 15) is 14.4 Å². The number of rotatable bonds is 65. The van der Waals surface area contributed by atoms with Crippen LogP contribution in [-0.4, -0.2) is 37.2 Å². The number of esters is 3. The Kier molecular flexibility index (Phi) is 66.6. The predicted molar refractivity (Wildman–Crippen MR) is 353 cm³/mol. The molecule has 0 amide bonds. The highest BCUT2D eigenvalue weighted by Gasteiger charge is 2.19. The second kappa shape index (κ2) is 69.3. The summed E-state index contributed by atoms with van der Waals surface area (Å²) < 4.78 is 16.9. The van der Waals surface area contributed by atoms with E-state index in [4.69, 9.17) is 14.2 Å². The molecule has 0 heterocycles. The lowest BCUT2D eigenvalue weighted by molar-refractivity contribution is -0.167. The molecule has 0 saturated carbocycles. The maximum atomic E-state index is 12.9. The fourth-order valence-electron chi connectivity index (χ4n) is 10.4. The van der Waals surface area contributed by atoms with Crippen molar-refractivity contribution in [2.75, 3.05) is 13.2 Å². The van der Waals surface area contributed by atoms with Crippen molar-refractivity contribution in [2.24, 2.45) is 0 Å². The summed E-state index contributed by atoms with van der Waals surface area (Å²) in [5.74, 6) is -0.863. The highest BCUT2D eigenvalue weighted by molar-refractivity contribution is 5.71. The molecular weight excluding hydrogens is 997 g/mol. The molecule has 0 spiro atoms. The van der Waals surface area contributed by atoms with Crippen LogP contribution in [0.5, 0.6) is 0 Å². The van der Waals surface area contributed by atoms with Crippen LogP contribution in [0.25, 0.3) is 0 Å². The van der Waals surface area contributed by atoms with Crippen molar-refractivity contribution >= 4 is 17.9 Å². The third-order valence-corrected chi connectivity index (χ3v) is 15.7. The van der Waals surface area contributed by atoms with Crippen LogP contribution in [-0.2, 0) is 28.6 Å². The average Bonchev–Trinajstić information content (AvgIpc) is 3.46. The second-order valence-electron chi connectivity index (χ2n) is 23.8. The predicted octanol–water partition coefficient (Wildman–Crippen LogP) is 24.4. The zero-order valence-corrected chi connectivity index (χ0v) is 54.1. The minimum Gasteiger partial charge on any atom is -0.462 e. The van der Waals surface area contributed by atoms with Gasteiger partial charge in [0.05, 0.1) is 0 Å². The first kappa shape index (κ1) is 77.9. The maximum Gasteiger partial charge on any atom is 0.306 e. The molecule has 470 valence electrons. The van der Waals surface area contributed by atoms with Gasteiger partial charge in [0.15, 0.2) is 6.10 Å². The zero-order valence-electron chi connectivity index (χ0n) is 54.1. The summed E-state index contributed by atoms with van der Waals surface area (Å²) in [6.45, 7) is 6.53. The largest absolute Gasteiger partial charge is 0.462 e. The number of hydrogen-bond acceptors (Lipinski definition) is 6. The standard InChI is InChI=1S/C75H134O6/c1-4-7-10-13-16-18-20-22-24-26-28-30-32-34-36-37-39-40-42-44-46-48-50-52-54-56-59-62-65-68-74(77)80-71-72(70-79-73(76)67-64-61-58-15-12-9-6-3)81-75(78)69-66-63-60-57-55-53-51-49-47-45-43-41-38-35-33-31-29-27-25-23-21-19-17-14-11-8-5-2/h8,11,17,19,23,25-26,28-29,31,35,38,72H,4-7,9-10,12-16,18,20-22,24,27,30,32-34,36-37,39-71H2,1-3H3/b11-8-,19-17-,25-23-,28-26-,31-29-,38-35-. The SMILES string of the molecule is CC/C=C\C/C=C\C/C=C\C/C=C\C/C=C\CCCCCCCCCCCCCC(=O)OC(COC(=O)CCCCCCCCC)COC(=O)CCCCCCCCCCCCCCCCCCC/C=C\CCCCCCCCCC. The minimum absolute atomic E-state index is 0.0721. The van der Waals surface area contributed by atoms with Crippen LogP contribution >= 0.6 is 0 Å². The zero-order chi connectivity index (χ0) is 58.5. The highest BCUT2D eigenvalue weighted by Crippen LogP contribution is 2.18. The third kappa shape index (κ3) is 67.5. The molecule has 0 fully saturated rings. The van der Waals surface area contributed by atoms with Gasteiger partial charge in [0, 0.05) is 19.3 Å². The first-order valence-electron chi connectivity index (χ1n) is 35.4. The molecule has 0 bridgehead atoms. The average molecular weight is 1130 g/mol. The number of hydrogen-bond donors (Lipinski definition) is 0. The Morgan fingerprint density at radius 3 is 0.765 bits per heavy atom. The van der Waals surface area contributed by atoms with Gasteiger partial charge in [0.25, 0.3) is 0 Å². The summed E-state index contributed by atoms with van der Waals surface area (Å²) in [5, 5.41) is 0. The minimum atomic E-state index is -0.774. The maximum absolute atomic E-state index is 12.9. The van der Waals surface area contributed by atoms with Gasteiger partial charge in [0.2, 0.25) is 0 Å². The fraction of sp³-hybridized carbons (Fsp3) is 0.800. The quantitative estimate of drug-likeness (QED) is 0.0261. The van der Waals surface area contributed by atoms with E-state index in [2.05, 4.69) is 93.7 Å². The van der Waals surface area contributed by atoms with Gasteiger partial charge in [-0.25, -0.2) is 0 Å². The van der Waals surface area contributed by atoms with Crippen molar-refractivity contribution in [3.63, 3.8) is 0 Å². The molecule has 0 aromatic carbocycles.